The van der Waals surface area contributed by atoms with Crippen LogP contribution in [0.5, 0.6) is 0 Å². The predicted molar refractivity (Wildman–Crippen MR) is 150 cm³/mol. The summed E-state index contributed by atoms with van der Waals surface area (Å²) >= 11 is 0. The van der Waals surface area contributed by atoms with Crippen LogP contribution in [0.2, 0.25) is 0 Å². The molecule has 0 unspecified atom stereocenters. The third-order valence-corrected chi connectivity index (χ3v) is 7.36. The Bertz CT molecular complexity index is 2080. The molecule has 0 aliphatic heterocycles. The average Bonchev–Trinajstić information content (AvgIpc) is 3.48. The van der Waals surface area contributed by atoms with E-state index < -0.39 is 0 Å². The van der Waals surface area contributed by atoms with Gasteiger partial charge in [-0.15, -0.1) is 0 Å². The fourth-order valence-electron chi connectivity index (χ4n) is 5.98. The average molecular weight is 460 g/mol. The van der Waals surface area contributed by atoms with Crippen LogP contribution in [0.4, 0.5) is 0 Å². The van der Waals surface area contributed by atoms with Gasteiger partial charge < -0.3 is 9.13 Å². The van der Waals surface area contributed by atoms with Crippen LogP contribution in [0.3, 0.4) is 0 Å². The molecule has 3 heteroatoms. The summed E-state index contributed by atoms with van der Waals surface area (Å²) in [7, 11) is 0. The Morgan fingerprint density at radius 3 is 1.58 bits per heavy atom. The molecule has 0 N–H and O–H groups in total. The molecule has 0 saturated heterocycles. The van der Waals surface area contributed by atoms with Crippen LogP contribution in [0.1, 0.15) is 0 Å². The highest BCUT2D eigenvalue weighted by molar-refractivity contribution is 6.36. The summed E-state index contributed by atoms with van der Waals surface area (Å²) in [5, 5.41) is 7.41. The Balaban J connectivity index is 1.77. The summed E-state index contributed by atoms with van der Waals surface area (Å²) in [6.07, 6.45) is 3.95. The Morgan fingerprint density at radius 1 is 0.417 bits per heavy atom. The lowest BCUT2D eigenvalue weighted by Crippen LogP contribution is -1.96. The van der Waals surface area contributed by atoms with Gasteiger partial charge in [-0.25, -0.2) is 0 Å². The number of nitrogens with zero attached hydrogens (tertiary/aromatic N) is 3. The monoisotopic (exact) mass is 459 g/mol. The van der Waals surface area contributed by atoms with Gasteiger partial charge in [0.05, 0.1) is 22.1 Å². The third kappa shape index (κ3) is 2.49. The van der Waals surface area contributed by atoms with Gasteiger partial charge in [0.15, 0.2) is 0 Å². The molecule has 5 aromatic carbocycles. The Morgan fingerprint density at radius 2 is 0.944 bits per heavy atom. The highest BCUT2D eigenvalue weighted by Gasteiger charge is 2.24. The van der Waals surface area contributed by atoms with Gasteiger partial charge in [0.25, 0.3) is 0 Å². The number of rotatable bonds is 2. The van der Waals surface area contributed by atoms with Crippen molar-refractivity contribution in [3.63, 3.8) is 0 Å². The fraction of sp³-hybridized carbons (Fsp3) is 0. The number of para-hydroxylation sites is 4. The maximum Gasteiger partial charge on any atom is 0.0656 e. The molecule has 3 aromatic heterocycles. The Labute approximate surface area is 207 Å². The van der Waals surface area contributed by atoms with E-state index in [4.69, 9.17) is 0 Å². The zero-order valence-corrected chi connectivity index (χ0v) is 19.5. The first-order valence-electron chi connectivity index (χ1n) is 12.2. The number of benzene rings is 5. The van der Waals surface area contributed by atoms with Crippen LogP contribution in [-0.2, 0) is 0 Å². The summed E-state index contributed by atoms with van der Waals surface area (Å²) in [6, 6.07) is 41.1. The third-order valence-electron chi connectivity index (χ3n) is 7.36. The molecule has 0 radical (unpaired) electrons. The van der Waals surface area contributed by atoms with E-state index >= 15 is 0 Å². The normalized spacial score (nSPS) is 11.9. The molecule has 0 spiro atoms. The second-order valence-corrected chi connectivity index (χ2v) is 9.24. The van der Waals surface area contributed by atoms with E-state index in [2.05, 4.69) is 129 Å². The van der Waals surface area contributed by atoms with E-state index in [1.165, 1.54) is 49.0 Å². The number of hydrogen-bond acceptors (Lipinski definition) is 1. The van der Waals surface area contributed by atoms with E-state index in [9.17, 15) is 0 Å². The lowest BCUT2D eigenvalue weighted by atomic mass is 10.0. The summed E-state index contributed by atoms with van der Waals surface area (Å²) in [6.45, 7) is 0. The van der Waals surface area contributed by atoms with Crippen molar-refractivity contribution in [2.45, 2.75) is 0 Å². The summed E-state index contributed by atoms with van der Waals surface area (Å²) in [4.78, 5) is 4.60. The molecule has 3 nitrogen and oxygen atoms in total. The quantitative estimate of drug-likeness (QED) is 0.254. The highest BCUT2D eigenvalue weighted by atomic mass is 15.0. The molecule has 0 bridgehead atoms. The minimum atomic E-state index is 1.15. The van der Waals surface area contributed by atoms with E-state index in [0.717, 1.165) is 16.8 Å². The van der Waals surface area contributed by atoms with Gasteiger partial charge in [0.2, 0.25) is 0 Å². The lowest BCUT2D eigenvalue weighted by Gasteiger charge is -2.12. The van der Waals surface area contributed by atoms with Crippen molar-refractivity contribution in [3.8, 4) is 11.4 Å². The van der Waals surface area contributed by atoms with E-state index in [1.807, 2.05) is 12.4 Å². The Kier molecular flexibility index (Phi) is 3.94. The van der Waals surface area contributed by atoms with Crippen molar-refractivity contribution >= 4 is 54.4 Å². The van der Waals surface area contributed by atoms with Crippen LogP contribution in [0.25, 0.3) is 65.8 Å². The first-order chi connectivity index (χ1) is 17.9. The van der Waals surface area contributed by atoms with Crippen molar-refractivity contribution < 1.29 is 0 Å². The topological polar surface area (TPSA) is 22.8 Å². The molecule has 36 heavy (non-hydrogen) atoms. The van der Waals surface area contributed by atoms with Gasteiger partial charge in [0.1, 0.15) is 0 Å². The smallest absolute Gasteiger partial charge is 0.0656 e. The van der Waals surface area contributed by atoms with Gasteiger partial charge in [0, 0.05) is 50.7 Å². The van der Waals surface area contributed by atoms with Crippen molar-refractivity contribution in [2.75, 3.05) is 0 Å². The standard InChI is InChI=1S/C33H21N3/c1-3-11-22(12-4-1)35-29-18-10-8-16-26(29)31-32(35)27-21-34-20-19-24(27)30-25-15-7-9-17-28(25)36(33(30)31)23-13-5-2-6-14-23/h1-21H. The first kappa shape index (κ1) is 19.4. The van der Waals surface area contributed by atoms with Crippen molar-refractivity contribution in [2.24, 2.45) is 0 Å². The summed E-state index contributed by atoms with van der Waals surface area (Å²) in [5.41, 5.74) is 7.15. The minimum Gasteiger partial charge on any atom is -0.309 e. The van der Waals surface area contributed by atoms with Crippen LogP contribution in [0, 0.1) is 0 Å². The van der Waals surface area contributed by atoms with Gasteiger partial charge in [-0.2, -0.15) is 0 Å². The fourth-order valence-corrected chi connectivity index (χ4v) is 5.98. The highest BCUT2D eigenvalue weighted by Crippen LogP contribution is 2.46. The van der Waals surface area contributed by atoms with Crippen molar-refractivity contribution in [1.29, 1.82) is 0 Å². The maximum atomic E-state index is 4.60. The first-order valence-corrected chi connectivity index (χ1v) is 12.2. The van der Waals surface area contributed by atoms with E-state index in [0.29, 0.717) is 0 Å². The SMILES string of the molecule is c1ccc(-n2c3ccccc3c3c2c2cnccc2c2c4ccccc4n(-c4ccccc4)c23)cc1. The largest absolute Gasteiger partial charge is 0.309 e. The summed E-state index contributed by atoms with van der Waals surface area (Å²) in [5.74, 6) is 0. The van der Waals surface area contributed by atoms with Gasteiger partial charge in [-0.05, 0) is 47.9 Å². The number of pyridine rings is 1. The second kappa shape index (κ2) is 7.30. The van der Waals surface area contributed by atoms with E-state index in [1.54, 1.807) is 0 Å². The molecule has 3 heterocycles. The molecule has 0 saturated carbocycles. The molecule has 0 atom stereocenters. The lowest BCUT2D eigenvalue weighted by molar-refractivity contribution is 1.18. The molecule has 8 aromatic rings. The van der Waals surface area contributed by atoms with Gasteiger partial charge >= 0.3 is 0 Å². The van der Waals surface area contributed by atoms with Crippen molar-refractivity contribution in [1.82, 2.24) is 14.1 Å². The molecule has 0 aliphatic rings. The number of fused-ring (bicyclic) bond motifs is 10. The van der Waals surface area contributed by atoms with Crippen molar-refractivity contribution in [3.05, 3.63) is 128 Å². The molecule has 0 fully saturated rings. The number of hydrogen-bond donors (Lipinski definition) is 0. The minimum absolute atomic E-state index is 1.15. The number of aromatic nitrogens is 3. The molecule has 8 rings (SSSR count). The summed E-state index contributed by atoms with van der Waals surface area (Å²) < 4.78 is 4.84. The van der Waals surface area contributed by atoms with Gasteiger partial charge in [-0.1, -0.05) is 72.8 Å². The van der Waals surface area contributed by atoms with E-state index in [-0.39, 0.29) is 0 Å². The van der Waals surface area contributed by atoms with Crippen LogP contribution < -0.4 is 0 Å². The van der Waals surface area contributed by atoms with Crippen LogP contribution in [0.15, 0.2) is 128 Å². The van der Waals surface area contributed by atoms with Crippen LogP contribution in [-0.4, -0.2) is 14.1 Å². The van der Waals surface area contributed by atoms with Gasteiger partial charge in [-0.3, -0.25) is 4.98 Å². The molecular weight excluding hydrogens is 438 g/mol. The molecular formula is C33H21N3. The molecule has 0 amide bonds. The molecule has 168 valence electrons. The maximum absolute atomic E-state index is 4.60. The molecule has 0 aliphatic carbocycles. The second-order valence-electron chi connectivity index (χ2n) is 9.24. The van der Waals surface area contributed by atoms with Crippen LogP contribution >= 0.6 is 0 Å². The zero-order chi connectivity index (χ0) is 23.6. The zero-order valence-electron chi connectivity index (χ0n) is 19.5. The Hall–Kier alpha value is -4.89. The predicted octanol–water partition coefficient (Wildman–Crippen LogP) is 8.43.